The molecule has 0 spiro atoms. The van der Waals surface area contributed by atoms with Gasteiger partial charge in [0.2, 0.25) is 0 Å². The third-order valence-corrected chi connectivity index (χ3v) is 3.49. The number of furan rings is 1. The maximum atomic E-state index is 13.5. The Labute approximate surface area is 112 Å². The van der Waals surface area contributed by atoms with E-state index in [0.717, 1.165) is 37.5 Å². The van der Waals surface area contributed by atoms with Gasteiger partial charge in [0.25, 0.3) is 0 Å². The molecule has 1 aromatic carbocycles. The average Bonchev–Trinajstić information content (AvgIpc) is 2.94. The summed E-state index contributed by atoms with van der Waals surface area (Å²) in [5.41, 5.74) is 0.942. The van der Waals surface area contributed by atoms with Gasteiger partial charge in [-0.25, -0.2) is 4.39 Å². The zero-order chi connectivity index (χ0) is 13.1. The summed E-state index contributed by atoms with van der Waals surface area (Å²) in [5.74, 6) is 0.664. The molecule has 1 atom stereocenters. The highest BCUT2D eigenvalue weighted by Gasteiger charge is 2.26. The summed E-state index contributed by atoms with van der Waals surface area (Å²) in [6.07, 6.45) is 1.67. The van der Waals surface area contributed by atoms with Crippen LogP contribution in [0.3, 0.4) is 0 Å². The predicted molar refractivity (Wildman–Crippen MR) is 71.4 cm³/mol. The summed E-state index contributed by atoms with van der Waals surface area (Å²) in [4.78, 5) is 2.32. The second-order valence-corrected chi connectivity index (χ2v) is 4.76. The van der Waals surface area contributed by atoms with Gasteiger partial charge < -0.3 is 9.73 Å². The van der Waals surface area contributed by atoms with E-state index < -0.39 is 0 Å². The fourth-order valence-corrected chi connectivity index (χ4v) is 2.62. The smallest absolute Gasteiger partial charge is 0.125 e. The minimum Gasteiger partial charge on any atom is -0.467 e. The molecular weight excluding hydrogens is 243 g/mol. The number of nitrogens with zero attached hydrogens (tertiary/aromatic N) is 1. The van der Waals surface area contributed by atoms with Gasteiger partial charge in [-0.2, -0.15) is 0 Å². The Balaban J connectivity index is 1.96. The lowest BCUT2D eigenvalue weighted by molar-refractivity contribution is 0.180. The van der Waals surface area contributed by atoms with Crippen molar-refractivity contribution in [3.63, 3.8) is 0 Å². The van der Waals surface area contributed by atoms with Gasteiger partial charge in [0.1, 0.15) is 11.6 Å². The summed E-state index contributed by atoms with van der Waals surface area (Å²) in [6, 6.07) is 10.6. The van der Waals surface area contributed by atoms with Crippen molar-refractivity contribution in [3.05, 3.63) is 59.8 Å². The minimum atomic E-state index is -0.204. The number of halogens is 1. The molecule has 3 nitrogen and oxygen atoms in total. The van der Waals surface area contributed by atoms with Crippen LogP contribution in [0.25, 0.3) is 0 Å². The Morgan fingerprint density at radius 2 is 2.00 bits per heavy atom. The molecule has 1 saturated heterocycles. The Morgan fingerprint density at radius 1 is 1.16 bits per heavy atom. The molecule has 0 aliphatic carbocycles. The van der Waals surface area contributed by atoms with Crippen molar-refractivity contribution >= 4 is 0 Å². The zero-order valence-corrected chi connectivity index (χ0v) is 10.7. The first-order valence-electron chi connectivity index (χ1n) is 6.58. The molecule has 19 heavy (non-hydrogen) atoms. The van der Waals surface area contributed by atoms with Crippen LogP contribution in [0.1, 0.15) is 17.4 Å². The van der Waals surface area contributed by atoms with E-state index in [0.29, 0.717) is 0 Å². The van der Waals surface area contributed by atoms with Crippen LogP contribution < -0.4 is 5.32 Å². The number of piperazine rings is 1. The fourth-order valence-electron chi connectivity index (χ4n) is 2.62. The third kappa shape index (κ3) is 2.69. The van der Waals surface area contributed by atoms with Gasteiger partial charge in [-0.05, 0) is 29.8 Å². The zero-order valence-electron chi connectivity index (χ0n) is 10.7. The largest absolute Gasteiger partial charge is 0.467 e. The van der Waals surface area contributed by atoms with Crippen molar-refractivity contribution in [1.82, 2.24) is 10.2 Å². The number of hydrogen-bond acceptors (Lipinski definition) is 3. The summed E-state index contributed by atoms with van der Waals surface area (Å²) in [7, 11) is 0. The second-order valence-electron chi connectivity index (χ2n) is 4.76. The van der Waals surface area contributed by atoms with E-state index in [9.17, 15) is 4.39 Å². The summed E-state index contributed by atoms with van der Waals surface area (Å²) in [6.45, 7) is 3.77. The van der Waals surface area contributed by atoms with Gasteiger partial charge in [-0.1, -0.05) is 12.1 Å². The molecule has 0 bridgehead atoms. The molecule has 2 heterocycles. The van der Waals surface area contributed by atoms with Crippen LogP contribution in [0.4, 0.5) is 4.39 Å². The lowest BCUT2D eigenvalue weighted by atomic mass is 10.0. The van der Waals surface area contributed by atoms with Crippen molar-refractivity contribution in [2.45, 2.75) is 6.04 Å². The minimum absolute atomic E-state index is 0.00667. The maximum Gasteiger partial charge on any atom is 0.125 e. The first-order chi connectivity index (χ1) is 9.34. The highest BCUT2D eigenvalue weighted by atomic mass is 19.1. The standard InChI is InChI=1S/C15H17FN2O/c16-13-4-1-3-12(11-13)15(14-5-2-10-19-14)18-8-6-17-7-9-18/h1-5,10-11,15,17H,6-9H2/t15-/m1/s1. The fraction of sp³-hybridized carbons (Fsp3) is 0.333. The monoisotopic (exact) mass is 260 g/mol. The van der Waals surface area contributed by atoms with E-state index in [1.807, 2.05) is 18.2 Å². The number of rotatable bonds is 3. The van der Waals surface area contributed by atoms with Gasteiger partial charge in [0.05, 0.1) is 12.3 Å². The molecule has 1 aliphatic rings. The normalized spacial score (nSPS) is 18.4. The predicted octanol–water partition coefficient (Wildman–Crippen LogP) is 2.41. The molecule has 100 valence electrons. The van der Waals surface area contributed by atoms with Crippen LogP contribution in [0, 0.1) is 5.82 Å². The van der Waals surface area contributed by atoms with Gasteiger partial charge in [0.15, 0.2) is 0 Å². The molecule has 0 unspecified atom stereocenters. The molecule has 1 N–H and O–H groups in total. The average molecular weight is 260 g/mol. The molecule has 1 aliphatic heterocycles. The van der Waals surface area contributed by atoms with E-state index in [2.05, 4.69) is 10.2 Å². The first-order valence-corrected chi connectivity index (χ1v) is 6.58. The topological polar surface area (TPSA) is 28.4 Å². The van der Waals surface area contributed by atoms with E-state index >= 15 is 0 Å². The van der Waals surface area contributed by atoms with Crippen LogP contribution in [0.15, 0.2) is 47.1 Å². The van der Waals surface area contributed by atoms with E-state index in [1.165, 1.54) is 6.07 Å². The van der Waals surface area contributed by atoms with Gasteiger partial charge in [-0.15, -0.1) is 0 Å². The van der Waals surface area contributed by atoms with Crippen LogP contribution in [0.2, 0.25) is 0 Å². The summed E-state index contributed by atoms with van der Waals surface area (Å²) >= 11 is 0. The number of hydrogen-bond donors (Lipinski definition) is 1. The van der Waals surface area contributed by atoms with Crippen molar-refractivity contribution in [2.24, 2.45) is 0 Å². The highest BCUT2D eigenvalue weighted by Crippen LogP contribution is 2.29. The van der Waals surface area contributed by atoms with E-state index in [4.69, 9.17) is 4.42 Å². The highest BCUT2D eigenvalue weighted by molar-refractivity contribution is 5.27. The Morgan fingerprint density at radius 3 is 2.68 bits per heavy atom. The Bertz CT molecular complexity index is 521. The molecule has 2 aromatic rings. The van der Waals surface area contributed by atoms with E-state index in [1.54, 1.807) is 18.4 Å². The number of nitrogens with one attached hydrogen (secondary N) is 1. The molecule has 0 radical (unpaired) electrons. The molecule has 1 fully saturated rings. The molecule has 1 aromatic heterocycles. The Hall–Kier alpha value is -1.65. The SMILES string of the molecule is Fc1cccc([C@H](c2ccco2)N2CCNCC2)c1. The van der Waals surface area contributed by atoms with Crippen molar-refractivity contribution < 1.29 is 8.81 Å². The lowest BCUT2D eigenvalue weighted by Crippen LogP contribution is -2.45. The lowest BCUT2D eigenvalue weighted by Gasteiger charge is -2.34. The number of benzene rings is 1. The van der Waals surface area contributed by atoms with E-state index in [-0.39, 0.29) is 11.9 Å². The Kier molecular flexibility index (Phi) is 3.62. The molecule has 4 heteroatoms. The van der Waals surface area contributed by atoms with Crippen LogP contribution in [0.5, 0.6) is 0 Å². The van der Waals surface area contributed by atoms with Gasteiger partial charge >= 0.3 is 0 Å². The van der Waals surface area contributed by atoms with Crippen molar-refractivity contribution in [1.29, 1.82) is 0 Å². The van der Waals surface area contributed by atoms with Crippen molar-refractivity contribution in [3.8, 4) is 0 Å². The first kappa shape index (κ1) is 12.4. The van der Waals surface area contributed by atoms with Crippen molar-refractivity contribution in [2.75, 3.05) is 26.2 Å². The van der Waals surface area contributed by atoms with Gasteiger partial charge in [-0.3, -0.25) is 4.90 Å². The molecule has 3 rings (SSSR count). The second kappa shape index (κ2) is 5.55. The van der Waals surface area contributed by atoms with Crippen LogP contribution >= 0.6 is 0 Å². The van der Waals surface area contributed by atoms with Gasteiger partial charge in [0, 0.05) is 26.2 Å². The van der Waals surface area contributed by atoms with Crippen LogP contribution in [-0.4, -0.2) is 31.1 Å². The summed E-state index contributed by atoms with van der Waals surface area (Å²) in [5, 5.41) is 3.33. The molecule has 0 saturated carbocycles. The third-order valence-electron chi connectivity index (χ3n) is 3.49. The quantitative estimate of drug-likeness (QED) is 0.918. The molecular formula is C15H17FN2O. The molecule has 0 amide bonds. The maximum absolute atomic E-state index is 13.5. The summed E-state index contributed by atoms with van der Waals surface area (Å²) < 4.78 is 19.0. The van der Waals surface area contributed by atoms with Crippen LogP contribution in [-0.2, 0) is 0 Å².